The Balaban J connectivity index is 1.66. The van der Waals surface area contributed by atoms with E-state index in [0.717, 1.165) is 13.2 Å². The molecule has 1 saturated heterocycles. The van der Waals surface area contributed by atoms with E-state index in [1.807, 2.05) is 0 Å². The van der Waals surface area contributed by atoms with E-state index in [0.29, 0.717) is 6.10 Å². The fourth-order valence-corrected chi connectivity index (χ4v) is 3.00. The van der Waals surface area contributed by atoms with E-state index in [1.54, 1.807) is 0 Å². The minimum atomic E-state index is 0.551. The van der Waals surface area contributed by atoms with E-state index in [9.17, 15) is 0 Å². The summed E-state index contributed by atoms with van der Waals surface area (Å²) < 4.78 is 5.62. The summed E-state index contributed by atoms with van der Waals surface area (Å²) in [6.45, 7) is 5.61. The molecule has 2 heteroatoms. The zero-order valence-corrected chi connectivity index (χ0v) is 13.8. The zero-order valence-electron chi connectivity index (χ0n) is 13.8. The van der Waals surface area contributed by atoms with Gasteiger partial charge in [0.05, 0.1) is 6.10 Å². The number of hydrogen-bond donors (Lipinski definition) is 1. The Morgan fingerprint density at radius 3 is 2.10 bits per heavy atom. The minimum Gasteiger partial charge on any atom is -0.378 e. The van der Waals surface area contributed by atoms with Gasteiger partial charge in [0.1, 0.15) is 0 Å². The van der Waals surface area contributed by atoms with E-state index < -0.39 is 0 Å². The van der Waals surface area contributed by atoms with Crippen molar-refractivity contribution in [1.29, 1.82) is 0 Å². The van der Waals surface area contributed by atoms with Crippen LogP contribution >= 0.6 is 0 Å². The molecule has 1 fully saturated rings. The summed E-state index contributed by atoms with van der Waals surface area (Å²) in [4.78, 5) is 0. The van der Waals surface area contributed by atoms with Gasteiger partial charge in [0.2, 0.25) is 0 Å². The van der Waals surface area contributed by atoms with Crippen molar-refractivity contribution in [3.8, 4) is 0 Å². The number of nitrogens with one attached hydrogen (secondary N) is 1. The Morgan fingerprint density at radius 1 is 0.850 bits per heavy atom. The molecule has 1 rings (SSSR count). The summed E-state index contributed by atoms with van der Waals surface area (Å²) >= 11 is 0. The number of rotatable bonds is 14. The largest absolute Gasteiger partial charge is 0.378 e. The zero-order chi connectivity index (χ0) is 14.3. The molecule has 20 heavy (non-hydrogen) atoms. The van der Waals surface area contributed by atoms with Crippen LogP contribution in [0.25, 0.3) is 0 Å². The molecule has 1 aliphatic heterocycles. The Hall–Kier alpha value is -0.0800. The van der Waals surface area contributed by atoms with Gasteiger partial charge in [-0.05, 0) is 38.8 Å². The van der Waals surface area contributed by atoms with Crippen molar-refractivity contribution in [2.75, 3.05) is 19.7 Å². The van der Waals surface area contributed by atoms with Gasteiger partial charge < -0.3 is 10.1 Å². The summed E-state index contributed by atoms with van der Waals surface area (Å²) in [5, 5.41) is 3.56. The van der Waals surface area contributed by atoms with Crippen molar-refractivity contribution in [3.05, 3.63) is 0 Å². The first-order chi connectivity index (χ1) is 9.93. The van der Waals surface area contributed by atoms with Crippen LogP contribution < -0.4 is 5.32 Å². The average Bonchev–Trinajstić information content (AvgIpc) is 2.97. The van der Waals surface area contributed by atoms with Crippen LogP contribution in [0.2, 0.25) is 0 Å². The van der Waals surface area contributed by atoms with Gasteiger partial charge >= 0.3 is 0 Å². The highest BCUT2D eigenvalue weighted by Crippen LogP contribution is 2.14. The monoisotopic (exact) mass is 283 g/mol. The fraction of sp³-hybridized carbons (Fsp3) is 1.00. The lowest BCUT2D eigenvalue weighted by Gasteiger charge is -2.09. The van der Waals surface area contributed by atoms with Crippen molar-refractivity contribution < 1.29 is 4.74 Å². The van der Waals surface area contributed by atoms with Crippen LogP contribution in [0.5, 0.6) is 0 Å². The van der Waals surface area contributed by atoms with Crippen molar-refractivity contribution >= 4 is 0 Å². The molecular weight excluding hydrogens is 246 g/mol. The molecule has 1 aliphatic rings. The Morgan fingerprint density at radius 2 is 1.50 bits per heavy atom. The van der Waals surface area contributed by atoms with Gasteiger partial charge in [0.25, 0.3) is 0 Å². The average molecular weight is 284 g/mol. The van der Waals surface area contributed by atoms with Crippen molar-refractivity contribution in [3.63, 3.8) is 0 Å². The van der Waals surface area contributed by atoms with Gasteiger partial charge in [0.15, 0.2) is 0 Å². The maximum absolute atomic E-state index is 5.62. The summed E-state index contributed by atoms with van der Waals surface area (Å²) in [5.41, 5.74) is 0. The molecule has 2 nitrogen and oxygen atoms in total. The Bertz CT molecular complexity index is 190. The summed E-state index contributed by atoms with van der Waals surface area (Å²) in [7, 11) is 0. The first-order valence-corrected chi connectivity index (χ1v) is 9.26. The van der Waals surface area contributed by atoms with Crippen LogP contribution in [0.15, 0.2) is 0 Å². The number of ether oxygens (including phenoxy) is 1. The molecule has 1 unspecified atom stereocenters. The second-order valence-corrected chi connectivity index (χ2v) is 6.36. The third-order valence-corrected chi connectivity index (χ3v) is 4.37. The topological polar surface area (TPSA) is 21.3 Å². The maximum atomic E-state index is 5.62. The van der Waals surface area contributed by atoms with E-state index in [2.05, 4.69) is 12.2 Å². The third-order valence-electron chi connectivity index (χ3n) is 4.37. The van der Waals surface area contributed by atoms with Crippen molar-refractivity contribution in [2.24, 2.45) is 0 Å². The molecular formula is C18H37NO. The molecule has 1 N–H and O–H groups in total. The molecule has 0 aromatic rings. The summed E-state index contributed by atoms with van der Waals surface area (Å²) in [6, 6.07) is 0. The first-order valence-electron chi connectivity index (χ1n) is 9.26. The van der Waals surface area contributed by atoms with Gasteiger partial charge in [-0.25, -0.2) is 0 Å². The molecule has 1 heterocycles. The van der Waals surface area contributed by atoms with Crippen molar-refractivity contribution in [2.45, 2.75) is 96.5 Å². The maximum Gasteiger partial charge on any atom is 0.0588 e. The van der Waals surface area contributed by atoms with Crippen LogP contribution in [0.4, 0.5) is 0 Å². The van der Waals surface area contributed by atoms with Gasteiger partial charge in [-0.1, -0.05) is 64.7 Å². The van der Waals surface area contributed by atoms with Crippen LogP contribution in [-0.4, -0.2) is 25.8 Å². The second kappa shape index (κ2) is 13.9. The molecule has 0 aromatic heterocycles. The first kappa shape index (κ1) is 18.0. The normalized spacial score (nSPS) is 18.8. The van der Waals surface area contributed by atoms with Crippen LogP contribution in [0, 0.1) is 0 Å². The SMILES string of the molecule is CCCCCCCCCCCCNCCC1CCCO1. The molecule has 0 aliphatic carbocycles. The number of hydrogen-bond acceptors (Lipinski definition) is 2. The lowest BCUT2D eigenvalue weighted by Crippen LogP contribution is -2.21. The quantitative estimate of drug-likeness (QED) is 0.450. The predicted molar refractivity (Wildman–Crippen MR) is 88.3 cm³/mol. The fourth-order valence-electron chi connectivity index (χ4n) is 3.00. The van der Waals surface area contributed by atoms with Gasteiger partial charge in [-0.2, -0.15) is 0 Å². The molecule has 120 valence electrons. The highest BCUT2D eigenvalue weighted by Gasteiger charge is 2.13. The van der Waals surface area contributed by atoms with E-state index in [-0.39, 0.29) is 0 Å². The van der Waals surface area contributed by atoms with E-state index in [1.165, 1.54) is 90.0 Å². The van der Waals surface area contributed by atoms with Gasteiger partial charge in [-0.3, -0.25) is 0 Å². The van der Waals surface area contributed by atoms with Crippen molar-refractivity contribution in [1.82, 2.24) is 5.32 Å². The molecule has 0 amide bonds. The lowest BCUT2D eigenvalue weighted by molar-refractivity contribution is 0.104. The molecule has 0 spiro atoms. The van der Waals surface area contributed by atoms with Crippen LogP contribution in [0.3, 0.4) is 0 Å². The standard InChI is InChI=1S/C18H37NO/c1-2-3-4-5-6-7-8-9-10-11-15-19-16-14-18-13-12-17-20-18/h18-19H,2-17H2,1H3. The highest BCUT2D eigenvalue weighted by molar-refractivity contribution is 4.65. The molecule has 0 bridgehead atoms. The highest BCUT2D eigenvalue weighted by atomic mass is 16.5. The third kappa shape index (κ3) is 10.7. The molecule has 0 saturated carbocycles. The van der Waals surface area contributed by atoms with Crippen LogP contribution in [0.1, 0.15) is 90.4 Å². The molecule has 0 radical (unpaired) electrons. The predicted octanol–water partition coefficient (Wildman–Crippen LogP) is 5.07. The minimum absolute atomic E-state index is 0.551. The summed E-state index contributed by atoms with van der Waals surface area (Å²) in [6.07, 6.45) is 18.5. The van der Waals surface area contributed by atoms with Gasteiger partial charge in [-0.15, -0.1) is 0 Å². The molecule has 1 atom stereocenters. The Kier molecular flexibility index (Phi) is 12.5. The lowest BCUT2D eigenvalue weighted by atomic mass is 10.1. The number of unbranched alkanes of at least 4 members (excludes halogenated alkanes) is 9. The second-order valence-electron chi connectivity index (χ2n) is 6.36. The van der Waals surface area contributed by atoms with E-state index in [4.69, 9.17) is 4.74 Å². The van der Waals surface area contributed by atoms with Crippen LogP contribution in [-0.2, 0) is 4.74 Å². The Labute approximate surface area is 127 Å². The molecule has 0 aromatic carbocycles. The van der Waals surface area contributed by atoms with E-state index >= 15 is 0 Å². The smallest absolute Gasteiger partial charge is 0.0588 e. The summed E-state index contributed by atoms with van der Waals surface area (Å²) in [5.74, 6) is 0. The van der Waals surface area contributed by atoms with Gasteiger partial charge in [0, 0.05) is 6.61 Å².